The topological polar surface area (TPSA) is 32.3 Å². The second-order valence-corrected chi connectivity index (χ2v) is 4.00. The first-order chi connectivity index (χ1) is 7.72. The molecular weight excluding hydrogens is 200 g/mol. The fraction of sp³-hybridized carbons (Fsp3) is 0.462. The average Bonchev–Trinajstić information content (AvgIpc) is 2.30. The quantitative estimate of drug-likeness (QED) is 0.783. The van der Waals surface area contributed by atoms with Crippen molar-refractivity contribution in [1.29, 1.82) is 0 Å². The van der Waals surface area contributed by atoms with Gasteiger partial charge in [0.25, 0.3) is 0 Å². The molecule has 3 heteroatoms. The van der Waals surface area contributed by atoms with E-state index in [0.717, 1.165) is 19.4 Å². The zero-order valence-corrected chi connectivity index (χ0v) is 10.1. The number of benzene rings is 1. The number of aryl methyl sites for hydroxylation is 1. The van der Waals surface area contributed by atoms with Gasteiger partial charge in [0, 0.05) is 7.05 Å². The highest BCUT2D eigenvalue weighted by Crippen LogP contribution is 2.02. The third-order valence-corrected chi connectivity index (χ3v) is 2.54. The number of hydrogen-bond donors (Lipinski definition) is 1. The lowest BCUT2D eigenvalue weighted by molar-refractivity contribution is -0.121. The van der Waals surface area contributed by atoms with Crippen LogP contribution in [0.15, 0.2) is 30.3 Å². The van der Waals surface area contributed by atoms with Crippen molar-refractivity contribution in [3.63, 3.8) is 0 Å². The van der Waals surface area contributed by atoms with Gasteiger partial charge in [-0.1, -0.05) is 30.3 Å². The molecule has 0 saturated carbocycles. The summed E-state index contributed by atoms with van der Waals surface area (Å²) < 4.78 is 0. The monoisotopic (exact) mass is 220 g/mol. The molecule has 0 heterocycles. The number of likely N-dealkylation sites (N-methyl/N-ethyl adjacent to an activating group) is 2. The fourth-order valence-electron chi connectivity index (χ4n) is 1.60. The van der Waals surface area contributed by atoms with Crippen LogP contribution < -0.4 is 5.32 Å². The van der Waals surface area contributed by atoms with E-state index in [1.807, 2.05) is 18.0 Å². The Bertz CT molecular complexity index is 311. The third kappa shape index (κ3) is 4.94. The second kappa shape index (κ2) is 7.01. The molecular formula is C13H20N2O. The van der Waals surface area contributed by atoms with E-state index in [-0.39, 0.29) is 5.91 Å². The smallest absolute Gasteiger partial charge is 0.233 e. The molecule has 88 valence electrons. The van der Waals surface area contributed by atoms with Gasteiger partial charge in [-0.25, -0.2) is 0 Å². The summed E-state index contributed by atoms with van der Waals surface area (Å²) in [6.45, 7) is 1.42. The zero-order valence-electron chi connectivity index (χ0n) is 10.1. The van der Waals surface area contributed by atoms with Gasteiger partial charge in [0.1, 0.15) is 0 Å². The second-order valence-electron chi connectivity index (χ2n) is 4.00. The summed E-state index contributed by atoms with van der Waals surface area (Å²) in [4.78, 5) is 13.1. The van der Waals surface area contributed by atoms with Crippen LogP contribution in [0.2, 0.25) is 0 Å². The molecule has 0 fully saturated rings. The van der Waals surface area contributed by atoms with Gasteiger partial charge < -0.3 is 5.32 Å². The van der Waals surface area contributed by atoms with Crippen LogP contribution >= 0.6 is 0 Å². The molecule has 0 radical (unpaired) electrons. The Morgan fingerprint density at radius 1 is 1.31 bits per heavy atom. The van der Waals surface area contributed by atoms with Crippen molar-refractivity contribution in [1.82, 2.24) is 10.2 Å². The van der Waals surface area contributed by atoms with Crippen LogP contribution in [0.1, 0.15) is 12.0 Å². The molecule has 0 saturated heterocycles. The van der Waals surface area contributed by atoms with Crippen LogP contribution in [0.5, 0.6) is 0 Å². The largest absolute Gasteiger partial charge is 0.358 e. The molecule has 0 bridgehead atoms. The van der Waals surface area contributed by atoms with E-state index in [1.54, 1.807) is 7.05 Å². The number of carbonyl (C=O) groups excluding carboxylic acids is 1. The summed E-state index contributed by atoms with van der Waals surface area (Å²) >= 11 is 0. The Balaban J connectivity index is 2.18. The van der Waals surface area contributed by atoms with Gasteiger partial charge in [-0.2, -0.15) is 0 Å². The standard InChI is InChI=1S/C13H20N2O/c1-14-13(16)11-15(2)10-6-9-12-7-4-3-5-8-12/h3-5,7-8H,6,9-11H2,1-2H3,(H,14,16). The molecule has 0 aromatic heterocycles. The van der Waals surface area contributed by atoms with Crippen LogP contribution in [0.3, 0.4) is 0 Å². The van der Waals surface area contributed by atoms with Gasteiger partial charge in [-0.05, 0) is 32.0 Å². The maximum atomic E-state index is 11.1. The first-order valence-electron chi connectivity index (χ1n) is 5.65. The van der Waals surface area contributed by atoms with Crippen molar-refractivity contribution in [2.75, 3.05) is 27.2 Å². The summed E-state index contributed by atoms with van der Waals surface area (Å²) in [6.07, 6.45) is 2.15. The zero-order chi connectivity index (χ0) is 11.8. The van der Waals surface area contributed by atoms with Gasteiger partial charge in [-0.3, -0.25) is 9.69 Å². The van der Waals surface area contributed by atoms with E-state index >= 15 is 0 Å². The molecule has 3 nitrogen and oxygen atoms in total. The fourth-order valence-corrected chi connectivity index (χ4v) is 1.60. The Morgan fingerprint density at radius 2 is 2.00 bits per heavy atom. The van der Waals surface area contributed by atoms with Crippen LogP contribution in [-0.4, -0.2) is 38.0 Å². The third-order valence-electron chi connectivity index (χ3n) is 2.54. The van der Waals surface area contributed by atoms with Crippen molar-refractivity contribution in [2.45, 2.75) is 12.8 Å². The molecule has 16 heavy (non-hydrogen) atoms. The number of hydrogen-bond acceptors (Lipinski definition) is 2. The molecule has 0 spiro atoms. The molecule has 0 aliphatic carbocycles. The van der Waals surface area contributed by atoms with E-state index < -0.39 is 0 Å². The van der Waals surface area contributed by atoms with E-state index in [2.05, 4.69) is 29.6 Å². The minimum Gasteiger partial charge on any atom is -0.358 e. The van der Waals surface area contributed by atoms with Crippen LogP contribution in [0.25, 0.3) is 0 Å². The summed E-state index contributed by atoms with van der Waals surface area (Å²) in [5, 5.41) is 2.62. The van der Waals surface area contributed by atoms with E-state index in [4.69, 9.17) is 0 Å². The van der Waals surface area contributed by atoms with Crippen molar-refractivity contribution in [3.8, 4) is 0 Å². The Hall–Kier alpha value is -1.35. The molecule has 0 unspecified atom stereocenters. The first-order valence-corrected chi connectivity index (χ1v) is 5.65. The van der Waals surface area contributed by atoms with Gasteiger partial charge in [0.05, 0.1) is 6.54 Å². The van der Waals surface area contributed by atoms with E-state index in [1.165, 1.54) is 5.56 Å². The number of nitrogens with zero attached hydrogens (tertiary/aromatic N) is 1. The number of amides is 1. The van der Waals surface area contributed by atoms with E-state index in [9.17, 15) is 4.79 Å². The number of rotatable bonds is 6. The van der Waals surface area contributed by atoms with Crippen molar-refractivity contribution in [3.05, 3.63) is 35.9 Å². The summed E-state index contributed by atoms with van der Waals surface area (Å²) in [6, 6.07) is 10.4. The lowest BCUT2D eigenvalue weighted by atomic mass is 10.1. The predicted molar refractivity (Wildman–Crippen MR) is 66.3 cm³/mol. The Labute approximate surface area is 97.5 Å². The highest BCUT2D eigenvalue weighted by atomic mass is 16.1. The highest BCUT2D eigenvalue weighted by molar-refractivity contribution is 5.77. The minimum atomic E-state index is 0.0715. The molecule has 1 rings (SSSR count). The SMILES string of the molecule is CNC(=O)CN(C)CCCc1ccccc1. The molecule has 0 aliphatic rings. The molecule has 0 atom stereocenters. The number of nitrogens with one attached hydrogen (secondary N) is 1. The van der Waals surface area contributed by atoms with Gasteiger partial charge in [0.15, 0.2) is 0 Å². The normalized spacial score (nSPS) is 10.4. The Morgan fingerprint density at radius 3 is 2.62 bits per heavy atom. The summed E-state index contributed by atoms with van der Waals surface area (Å²) in [5.74, 6) is 0.0715. The summed E-state index contributed by atoms with van der Waals surface area (Å²) in [7, 11) is 3.64. The van der Waals surface area contributed by atoms with Crippen molar-refractivity contribution < 1.29 is 4.79 Å². The molecule has 1 aromatic carbocycles. The Kier molecular flexibility index (Phi) is 5.57. The van der Waals surface area contributed by atoms with Gasteiger partial charge >= 0.3 is 0 Å². The molecule has 0 aliphatic heterocycles. The van der Waals surface area contributed by atoms with Crippen molar-refractivity contribution >= 4 is 5.91 Å². The molecule has 1 N–H and O–H groups in total. The van der Waals surface area contributed by atoms with Gasteiger partial charge in [-0.15, -0.1) is 0 Å². The van der Waals surface area contributed by atoms with E-state index in [0.29, 0.717) is 6.54 Å². The minimum absolute atomic E-state index is 0.0715. The highest BCUT2D eigenvalue weighted by Gasteiger charge is 2.03. The lowest BCUT2D eigenvalue weighted by Gasteiger charge is -2.15. The lowest BCUT2D eigenvalue weighted by Crippen LogP contribution is -2.33. The van der Waals surface area contributed by atoms with Gasteiger partial charge in [0.2, 0.25) is 5.91 Å². The molecule has 1 aromatic rings. The van der Waals surface area contributed by atoms with Crippen LogP contribution in [0, 0.1) is 0 Å². The van der Waals surface area contributed by atoms with Crippen molar-refractivity contribution in [2.24, 2.45) is 0 Å². The maximum absolute atomic E-state index is 11.1. The first kappa shape index (κ1) is 12.7. The summed E-state index contributed by atoms with van der Waals surface area (Å²) in [5.41, 5.74) is 1.36. The maximum Gasteiger partial charge on any atom is 0.233 e. The molecule has 1 amide bonds. The predicted octanol–water partition coefficient (Wildman–Crippen LogP) is 1.30. The van der Waals surface area contributed by atoms with Crippen LogP contribution in [-0.2, 0) is 11.2 Å². The number of carbonyl (C=O) groups is 1. The average molecular weight is 220 g/mol. The van der Waals surface area contributed by atoms with Crippen LogP contribution in [0.4, 0.5) is 0 Å².